The maximum atomic E-state index is 8.92. The molecule has 0 spiro atoms. The fourth-order valence-corrected chi connectivity index (χ4v) is 4.72. The monoisotopic (exact) mass is 392 g/mol. The maximum Gasteiger partial charge on any atom is 0.228 e. The molecule has 0 saturated carbocycles. The van der Waals surface area contributed by atoms with Gasteiger partial charge >= 0.3 is 0 Å². The normalized spacial score (nSPS) is 23.9. The van der Waals surface area contributed by atoms with Crippen molar-refractivity contribution < 1.29 is 0 Å². The quantitative estimate of drug-likeness (QED) is 0.583. The molecule has 29 heavy (non-hydrogen) atoms. The number of nitriles is 1. The highest BCUT2D eigenvalue weighted by Crippen LogP contribution is 2.36. The molecule has 0 amide bonds. The first-order valence-electron chi connectivity index (χ1n) is 10.1. The molecule has 3 N–H and O–H groups in total. The Hall–Kier alpha value is -3.19. The second-order valence-electron chi connectivity index (χ2n) is 7.90. The Bertz CT molecular complexity index is 1030. The number of hydrogen-bond acceptors (Lipinski definition) is 8. The highest BCUT2D eigenvalue weighted by molar-refractivity contribution is 5.60. The third kappa shape index (κ3) is 3.49. The van der Waals surface area contributed by atoms with Crippen LogP contribution in [0.25, 0.3) is 5.65 Å². The summed E-state index contributed by atoms with van der Waals surface area (Å²) in [7, 11) is 0. The van der Waals surface area contributed by atoms with E-state index in [1.165, 1.54) is 12.8 Å². The Balaban J connectivity index is 1.35. The van der Waals surface area contributed by atoms with Gasteiger partial charge in [0.2, 0.25) is 5.95 Å². The largest absolute Gasteiger partial charge is 0.351 e. The Labute approximate surface area is 168 Å². The van der Waals surface area contributed by atoms with Gasteiger partial charge in [-0.2, -0.15) is 25.0 Å². The third-order valence-corrected chi connectivity index (χ3v) is 5.93. The summed E-state index contributed by atoms with van der Waals surface area (Å²) >= 11 is 0. The summed E-state index contributed by atoms with van der Waals surface area (Å²) in [5, 5.41) is 27.2. The molecule has 2 aliphatic rings. The predicted octanol–water partition coefficient (Wildman–Crippen LogP) is 2.22. The van der Waals surface area contributed by atoms with Crippen LogP contribution in [0.5, 0.6) is 0 Å². The van der Waals surface area contributed by atoms with Crippen LogP contribution in [-0.2, 0) is 0 Å². The summed E-state index contributed by atoms with van der Waals surface area (Å²) in [6.45, 7) is 2.84. The molecular weight excluding hydrogens is 368 g/mol. The predicted molar refractivity (Wildman–Crippen MR) is 108 cm³/mol. The molecule has 3 atom stereocenters. The number of rotatable bonds is 6. The highest BCUT2D eigenvalue weighted by Gasteiger charge is 2.40. The molecule has 0 radical (unpaired) electrons. The van der Waals surface area contributed by atoms with Crippen molar-refractivity contribution in [1.29, 1.82) is 5.26 Å². The molecule has 0 aromatic carbocycles. The fourth-order valence-electron chi connectivity index (χ4n) is 4.72. The second kappa shape index (κ2) is 7.33. The molecule has 2 aliphatic heterocycles. The average molecular weight is 392 g/mol. The minimum Gasteiger partial charge on any atom is -0.351 e. The van der Waals surface area contributed by atoms with Crippen LogP contribution in [-0.4, -0.2) is 59.3 Å². The first-order valence-corrected chi connectivity index (χ1v) is 10.1. The molecule has 2 saturated heterocycles. The van der Waals surface area contributed by atoms with Crippen LogP contribution in [0.3, 0.4) is 0 Å². The minimum absolute atomic E-state index is 0.327. The molecule has 3 aromatic rings. The number of anilines is 3. The summed E-state index contributed by atoms with van der Waals surface area (Å²) < 4.78 is 1.74. The number of aryl methyl sites for hydroxylation is 1. The van der Waals surface area contributed by atoms with E-state index in [2.05, 4.69) is 41.9 Å². The molecule has 10 heteroatoms. The van der Waals surface area contributed by atoms with Crippen LogP contribution in [0.1, 0.15) is 37.8 Å². The van der Waals surface area contributed by atoms with Gasteiger partial charge in [0.1, 0.15) is 12.1 Å². The van der Waals surface area contributed by atoms with Crippen molar-refractivity contribution in [3.8, 4) is 6.07 Å². The lowest BCUT2D eigenvalue weighted by atomic mass is 9.97. The molecule has 5 heterocycles. The van der Waals surface area contributed by atoms with Gasteiger partial charge in [0.25, 0.3) is 0 Å². The van der Waals surface area contributed by atoms with E-state index in [0.29, 0.717) is 42.1 Å². The number of nitrogens with one attached hydrogen (secondary N) is 3. The van der Waals surface area contributed by atoms with E-state index < -0.39 is 0 Å². The smallest absolute Gasteiger partial charge is 0.228 e. The molecule has 2 bridgehead atoms. The average Bonchev–Trinajstić information content (AvgIpc) is 3.39. The van der Waals surface area contributed by atoms with E-state index in [-0.39, 0.29) is 0 Å². The van der Waals surface area contributed by atoms with E-state index >= 15 is 0 Å². The van der Waals surface area contributed by atoms with Crippen molar-refractivity contribution in [1.82, 2.24) is 34.7 Å². The Morgan fingerprint density at radius 3 is 2.79 bits per heavy atom. The van der Waals surface area contributed by atoms with Crippen molar-refractivity contribution in [2.45, 2.75) is 57.2 Å². The zero-order chi connectivity index (χ0) is 19.8. The lowest BCUT2D eigenvalue weighted by molar-refractivity contribution is 0.135. The van der Waals surface area contributed by atoms with E-state index in [9.17, 15) is 0 Å². The van der Waals surface area contributed by atoms with Crippen molar-refractivity contribution >= 4 is 23.2 Å². The number of aromatic nitrogens is 6. The van der Waals surface area contributed by atoms with Gasteiger partial charge in [-0.15, -0.1) is 0 Å². The van der Waals surface area contributed by atoms with Crippen LogP contribution in [0, 0.1) is 18.3 Å². The fraction of sp³-hybridized carbons (Fsp3) is 0.526. The summed E-state index contributed by atoms with van der Waals surface area (Å²) in [4.78, 5) is 11.6. The highest BCUT2D eigenvalue weighted by atomic mass is 15.4. The first kappa shape index (κ1) is 17.9. The number of piperidine rings is 1. The van der Waals surface area contributed by atoms with Crippen molar-refractivity contribution in [2.24, 2.45) is 0 Å². The van der Waals surface area contributed by atoms with Gasteiger partial charge in [0, 0.05) is 48.9 Å². The topological polar surface area (TPSA) is 123 Å². The number of H-pyrrole nitrogens is 1. The summed E-state index contributed by atoms with van der Waals surface area (Å²) in [6.07, 6.45) is 6.67. The maximum absolute atomic E-state index is 8.92. The van der Waals surface area contributed by atoms with Gasteiger partial charge in [0.05, 0.1) is 6.07 Å². The zero-order valence-electron chi connectivity index (χ0n) is 16.3. The van der Waals surface area contributed by atoms with Gasteiger partial charge in [-0.3, -0.25) is 10.00 Å². The van der Waals surface area contributed by atoms with Crippen LogP contribution in [0.2, 0.25) is 0 Å². The second-order valence-corrected chi connectivity index (χ2v) is 7.90. The van der Waals surface area contributed by atoms with E-state index in [1.807, 2.05) is 19.1 Å². The number of hydrogen-bond donors (Lipinski definition) is 3. The Morgan fingerprint density at radius 2 is 2.07 bits per heavy atom. The van der Waals surface area contributed by atoms with Gasteiger partial charge in [-0.25, -0.2) is 4.98 Å². The van der Waals surface area contributed by atoms with E-state index in [0.717, 1.165) is 30.7 Å². The molecule has 0 aliphatic carbocycles. The van der Waals surface area contributed by atoms with Gasteiger partial charge in [-0.1, -0.05) is 0 Å². The van der Waals surface area contributed by atoms with Crippen LogP contribution >= 0.6 is 0 Å². The van der Waals surface area contributed by atoms with Crippen molar-refractivity contribution in [3.05, 3.63) is 24.2 Å². The lowest BCUT2D eigenvalue weighted by Gasteiger charge is -2.38. The minimum atomic E-state index is 0.327. The molecule has 150 valence electrons. The molecule has 5 rings (SSSR count). The molecule has 3 aromatic heterocycles. The lowest BCUT2D eigenvalue weighted by Crippen LogP contribution is -2.47. The zero-order valence-corrected chi connectivity index (χ0v) is 16.3. The van der Waals surface area contributed by atoms with Gasteiger partial charge in [0.15, 0.2) is 11.5 Å². The summed E-state index contributed by atoms with van der Waals surface area (Å²) in [6, 6.07) is 7.47. The summed E-state index contributed by atoms with van der Waals surface area (Å²) in [5.74, 6) is 2.08. The molecule has 0 unspecified atom stereocenters. The van der Waals surface area contributed by atoms with Crippen LogP contribution in [0.4, 0.5) is 17.6 Å². The van der Waals surface area contributed by atoms with E-state index in [1.54, 1.807) is 10.8 Å². The Kier molecular flexibility index (Phi) is 4.52. The number of aromatic amines is 1. The first-order chi connectivity index (χ1) is 14.2. The van der Waals surface area contributed by atoms with Gasteiger partial charge < -0.3 is 10.6 Å². The number of fused-ring (bicyclic) bond motifs is 3. The SMILES string of the molecule is Cc1cc(Nc2cc3ncnn3c(N[C@@H]3C[C@H]4CC[C@@H](C3)N4CCC#N)n2)n[nH]1. The van der Waals surface area contributed by atoms with Crippen LogP contribution < -0.4 is 10.6 Å². The number of nitrogens with zero attached hydrogens (tertiary/aromatic N) is 7. The van der Waals surface area contributed by atoms with Crippen molar-refractivity contribution in [2.75, 3.05) is 17.2 Å². The molecule has 10 nitrogen and oxygen atoms in total. The van der Waals surface area contributed by atoms with Crippen LogP contribution in [0.15, 0.2) is 18.5 Å². The Morgan fingerprint density at radius 1 is 1.24 bits per heavy atom. The van der Waals surface area contributed by atoms with E-state index in [4.69, 9.17) is 10.2 Å². The third-order valence-electron chi connectivity index (χ3n) is 5.93. The molecule has 2 fully saturated rings. The molecular formula is C19H24N10. The summed E-state index contributed by atoms with van der Waals surface area (Å²) in [5.41, 5.74) is 1.71. The van der Waals surface area contributed by atoms with Crippen molar-refractivity contribution in [3.63, 3.8) is 0 Å². The standard InChI is InChI=1S/C19H24N10/c1-12-7-17(27-26-12)24-16-10-18-21-11-22-29(18)19(25-16)23-13-8-14-3-4-15(9-13)28(14)6-2-5-20/h7,10-11,13-15H,2-4,6,8-9H2,1H3,(H,23,25)(H2,24,26,27)/t13-,14-,15+. The van der Waals surface area contributed by atoms with Gasteiger partial charge in [-0.05, 0) is 32.6 Å².